The number of rotatable bonds is 4. The fourth-order valence-electron chi connectivity index (χ4n) is 2.35. The molecule has 0 heterocycles. The van der Waals surface area contributed by atoms with Gasteiger partial charge in [-0.1, -0.05) is 55.0 Å². The Morgan fingerprint density at radius 2 is 1.70 bits per heavy atom. The quantitative estimate of drug-likeness (QED) is 0.704. The second-order valence-electron chi connectivity index (χ2n) is 5.13. The van der Waals surface area contributed by atoms with Gasteiger partial charge in [0.2, 0.25) is 0 Å². The van der Waals surface area contributed by atoms with Crippen LogP contribution in [0.25, 0.3) is 12.2 Å². The molecule has 2 aromatic carbocycles. The van der Waals surface area contributed by atoms with Gasteiger partial charge < -0.3 is 4.74 Å². The van der Waals surface area contributed by atoms with Gasteiger partial charge in [0.15, 0.2) is 0 Å². The highest BCUT2D eigenvalue weighted by Crippen LogP contribution is 2.27. The van der Waals surface area contributed by atoms with Crippen molar-refractivity contribution in [1.82, 2.24) is 0 Å². The normalized spacial score (nSPS) is 11.0. The fourth-order valence-corrected chi connectivity index (χ4v) is 2.35. The lowest BCUT2D eigenvalue weighted by Gasteiger charge is -2.11. The van der Waals surface area contributed by atoms with E-state index in [1.807, 2.05) is 0 Å². The zero-order valence-corrected chi connectivity index (χ0v) is 12.7. The summed E-state index contributed by atoms with van der Waals surface area (Å²) in [4.78, 5) is 0. The molecule has 0 atom stereocenters. The molecule has 0 spiro atoms. The topological polar surface area (TPSA) is 9.23 Å². The summed E-state index contributed by atoms with van der Waals surface area (Å²) in [7, 11) is 1.73. The Labute approximate surface area is 121 Å². The lowest BCUT2D eigenvalue weighted by molar-refractivity contribution is 0.410. The molecule has 0 bridgehead atoms. The maximum atomic E-state index is 5.53. The van der Waals surface area contributed by atoms with Crippen LogP contribution in [-0.2, 0) is 6.42 Å². The number of aryl methyl sites for hydroxylation is 3. The van der Waals surface area contributed by atoms with Gasteiger partial charge in [-0.25, -0.2) is 0 Å². The lowest BCUT2D eigenvalue weighted by Crippen LogP contribution is -1.93. The summed E-state index contributed by atoms with van der Waals surface area (Å²) >= 11 is 0. The van der Waals surface area contributed by atoms with Gasteiger partial charge in [0.25, 0.3) is 0 Å². The van der Waals surface area contributed by atoms with Crippen LogP contribution < -0.4 is 4.74 Å². The average Bonchev–Trinajstić information content (AvgIpc) is 2.46. The number of hydrogen-bond acceptors (Lipinski definition) is 1. The van der Waals surface area contributed by atoms with Gasteiger partial charge in [0.1, 0.15) is 5.75 Å². The molecule has 0 aliphatic rings. The maximum Gasteiger partial charge on any atom is 0.128 e. The molecule has 1 heteroatoms. The molecule has 0 fully saturated rings. The molecular weight excluding hydrogens is 244 g/mol. The summed E-state index contributed by atoms with van der Waals surface area (Å²) in [5, 5.41) is 0. The molecule has 104 valence electrons. The van der Waals surface area contributed by atoms with Crippen molar-refractivity contribution in [2.24, 2.45) is 0 Å². The summed E-state index contributed by atoms with van der Waals surface area (Å²) in [6.45, 7) is 6.38. The van der Waals surface area contributed by atoms with Crippen LogP contribution in [0, 0.1) is 13.8 Å². The molecule has 0 unspecified atom stereocenters. The third kappa shape index (κ3) is 3.30. The molecule has 0 aromatic heterocycles. The predicted molar refractivity (Wildman–Crippen MR) is 87.2 cm³/mol. The van der Waals surface area contributed by atoms with Crippen LogP contribution in [0.5, 0.6) is 5.75 Å². The van der Waals surface area contributed by atoms with E-state index < -0.39 is 0 Å². The van der Waals surface area contributed by atoms with E-state index in [1.165, 1.54) is 22.3 Å². The minimum absolute atomic E-state index is 0.963. The first kappa shape index (κ1) is 14.4. The average molecular weight is 266 g/mol. The van der Waals surface area contributed by atoms with Crippen LogP contribution in [0.2, 0.25) is 0 Å². The van der Waals surface area contributed by atoms with Gasteiger partial charge in [-0.15, -0.1) is 0 Å². The highest BCUT2D eigenvalue weighted by molar-refractivity contribution is 5.74. The van der Waals surface area contributed by atoms with Crippen molar-refractivity contribution in [1.29, 1.82) is 0 Å². The molecule has 2 aromatic rings. The standard InChI is InChI=1S/C19H22O/c1-5-16-12-15(3)19(20-4)18(13-16)11-10-17-8-6-14(2)7-9-17/h6-13H,5H2,1-4H3. The van der Waals surface area contributed by atoms with Crippen molar-refractivity contribution >= 4 is 12.2 Å². The van der Waals surface area contributed by atoms with E-state index in [0.717, 1.165) is 17.7 Å². The van der Waals surface area contributed by atoms with E-state index in [0.29, 0.717) is 0 Å². The highest BCUT2D eigenvalue weighted by atomic mass is 16.5. The van der Waals surface area contributed by atoms with Crippen molar-refractivity contribution < 1.29 is 4.74 Å². The van der Waals surface area contributed by atoms with Gasteiger partial charge in [-0.3, -0.25) is 0 Å². The summed E-state index contributed by atoms with van der Waals surface area (Å²) in [5.41, 5.74) is 6.16. The zero-order valence-electron chi connectivity index (χ0n) is 12.7. The Hall–Kier alpha value is -2.02. The number of ether oxygens (including phenoxy) is 1. The van der Waals surface area contributed by atoms with Crippen LogP contribution in [0.4, 0.5) is 0 Å². The molecule has 20 heavy (non-hydrogen) atoms. The fraction of sp³-hybridized carbons (Fsp3) is 0.263. The summed E-state index contributed by atoms with van der Waals surface area (Å²) < 4.78 is 5.53. The highest BCUT2D eigenvalue weighted by Gasteiger charge is 2.05. The van der Waals surface area contributed by atoms with E-state index in [4.69, 9.17) is 4.74 Å². The van der Waals surface area contributed by atoms with E-state index >= 15 is 0 Å². The van der Waals surface area contributed by atoms with Gasteiger partial charge in [-0.05, 0) is 43.0 Å². The van der Waals surface area contributed by atoms with Crippen LogP contribution >= 0.6 is 0 Å². The van der Waals surface area contributed by atoms with Crippen molar-refractivity contribution in [3.63, 3.8) is 0 Å². The van der Waals surface area contributed by atoms with Crippen LogP contribution in [0.1, 0.15) is 34.7 Å². The minimum atomic E-state index is 0.963. The Bertz CT molecular complexity index is 606. The Morgan fingerprint density at radius 1 is 1.00 bits per heavy atom. The summed E-state index contributed by atoms with van der Waals surface area (Å²) in [6, 6.07) is 12.9. The molecule has 0 saturated carbocycles. The second-order valence-corrected chi connectivity index (χ2v) is 5.13. The predicted octanol–water partition coefficient (Wildman–Crippen LogP) is 5.04. The van der Waals surface area contributed by atoms with Gasteiger partial charge >= 0.3 is 0 Å². The Balaban J connectivity index is 2.36. The van der Waals surface area contributed by atoms with Gasteiger partial charge in [0, 0.05) is 5.56 Å². The van der Waals surface area contributed by atoms with Gasteiger partial charge in [-0.2, -0.15) is 0 Å². The van der Waals surface area contributed by atoms with Crippen molar-refractivity contribution in [2.75, 3.05) is 7.11 Å². The first-order valence-corrected chi connectivity index (χ1v) is 7.06. The molecular formula is C19H22O. The van der Waals surface area contributed by atoms with Gasteiger partial charge in [0.05, 0.1) is 7.11 Å². The zero-order chi connectivity index (χ0) is 14.5. The Morgan fingerprint density at radius 3 is 2.30 bits per heavy atom. The number of methoxy groups -OCH3 is 1. The molecule has 0 aliphatic carbocycles. The molecule has 0 radical (unpaired) electrons. The smallest absolute Gasteiger partial charge is 0.128 e. The second kappa shape index (κ2) is 6.42. The Kier molecular flexibility index (Phi) is 4.62. The SMILES string of the molecule is CCc1cc(C)c(OC)c(C=Cc2ccc(C)cc2)c1. The van der Waals surface area contributed by atoms with Crippen molar-refractivity contribution in [2.45, 2.75) is 27.2 Å². The summed E-state index contributed by atoms with van der Waals surface area (Å²) in [6.07, 6.45) is 5.31. The monoisotopic (exact) mass is 266 g/mol. The maximum absolute atomic E-state index is 5.53. The first-order valence-electron chi connectivity index (χ1n) is 7.06. The van der Waals surface area contributed by atoms with E-state index in [2.05, 4.69) is 69.3 Å². The van der Waals surface area contributed by atoms with Crippen LogP contribution in [-0.4, -0.2) is 7.11 Å². The molecule has 0 aliphatic heterocycles. The molecule has 0 amide bonds. The van der Waals surface area contributed by atoms with Crippen molar-refractivity contribution in [3.05, 3.63) is 64.2 Å². The molecule has 0 N–H and O–H groups in total. The van der Waals surface area contributed by atoms with E-state index in [1.54, 1.807) is 7.11 Å². The molecule has 2 rings (SSSR count). The van der Waals surface area contributed by atoms with Crippen LogP contribution in [0.15, 0.2) is 36.4 Å². The lowest BCUT2D eigenvalue weighted by atomic mass is 10.0. The largest absolute Gasteiger partial charge is 0.496 e. The molecule has 1 nitrogen and oxygen atoms in total. The minimum Gasteiger partial charge on any atom is -0.496 e. The third-order valence-corrected chi connectivity index (χ3v) is 3.51. The number of hydrogen-bond donors (Lipinski definition) is 0. The molecule has 0 saturated heterocycles. The third-order valence-electron chi connectivity index (χ3n) is 3.51. The van der Waals surface area contributed by atoms with E-state index in [-0.39, 0.29) is 0 Å². The van der Waals surface area contributed by atoms with Crippen molar-refractivity contribution in [3.8, 4) is 5.75 Å². The van der Waals surface area contributed by atoms with E-state index in [9.17, 15) is 0 Å². The summed E-state index contributed by atoms with van der Waals surface area (Å²) in [5.74, 6) is 0.963. The van der Waals surface area contributed by atoms with Crippen LogP contribution in [0.3, 0.4) is 0 Å². The first-order chi connectivity index (χ1) is 9.63. The number of benzene rings is 2.